The van der Waals surface area contributed by atoms with Gasteiger partial charge in [0, 0.05) is 13.0 Å². The number of nitrogens with zero attached hydrogens (tertiary/aromatic N) is 2. The molecule has 2 atom stereocenters. The van der Waals surface area contributed by atoms with Crippen LogP contribution in [0.4, 0.5) is 4.79 Å². The highest BCUT2D eigenvalue weighted by Crippen LogP contribution is 1.93. The number of nitrogens with one attached hydrogen (secondary N) is 3. The fourth-order valence-electron chi connectivity index (χ4n) is 1.23. The molecule has 0 aliphatic heterocycles. The highest BCUT2D eigenvalue weighted by atomic mass is 16.4. The summed E-state index contributed by atoms with van der Waals surface area (Å²) in [5.74, 6) is -0.684. The number of amides is 2. The molecule has 18 heavy (non-hydrogen) atoms. The summed E-state index contributed by atoms with van der Waals surface area (Å²) in [6.07, 6.45) is 0.617. The highest BCUT2D eigenvalue weighted by molar-refractivity contribution is 5.82. The summed E-state index contributed by atoms with van der Waals surface area (Å²) in [7, 11) is 0. The minimum absolute atomic E-state index is 0.271. The number of aliphatic hydroxyl groups excluding tert-OH is 1. The van der Waals surface area contributed by atoms with Crippen LogP contribution in [0, 0.1) is 0 Å². The standard InChI is InChI=1S/C9H15N5O4/c1-5(15)7(8(16)17)13-9(18)10-3-2-6-11-4-12-14-6/h4-5,7,15H,2-3H2,1H3,(H,16,17)(H2,10,13,18)(H,11,12,14)/t5-,7+/m1/s1. The number of aromatic amines is 1. The molecule has 1 aromatic heterocycles. The van der Waals surface area contributed by atoms with Gasteiger partial charge in [0.05, 0.1) is 6.10 Å². The summed E-state index contributed by atoms with van der Waals surface area (Å²) in [5.41, 5.74) is 0. The van der Waals surface area contributed by atoms with E-state index in [0.29, 0.717) is 12.2 Å². The van der Waals surface area contributed by atoms with Gasteiger partial charge < -0.3 is 20.8 Å². The SMILES string of the molecule is C[C@@H](O)[C@H](NC(=O)NCCc1ncn[nH]1)C(=O)O. The third kappa shape index (κ3) is 4.37. The van der Waals surface area contributed by atoms with Crippen LogP contribution < -0.4 is 10.6 Å². The third-order valence-corrected chi connectivity index (χ3v) is 2.15. The summed E-state index contributed by atoms with van der Waals surface area (Å²) in [4.78, 5) is 25.9. The fourth-order valence-corrected chi connectivity index (χ4v) is 1.23. The number of carboxylic acids is 1. The molecule has 0 spiro atoms. The van der Waals surface area contributed by atoms with E-state index in [0.717, 1.165) is 0 Å². The van der Waals surface area contributed by atoms with Gasteiger partial charge in [-0.15, -0.1) is 0 Å². The van der Waals surface area contributed by atoms with E-state index < -0.39 is 24.1 Å². The van der Waals surface area contributed by atoms with Gasteiger partial charge in [0.25, 0.3) is 0 Å². The van der Waals surface area contributed by atoms with Crippen LogP contribution in [0.2, 0.25) is 0 Å². The number of carbonyl (C=O) groups excluding carboxylic acids is 1. The number of urea groups is 1. The van der Waals surface area contributed by atoms with Gasteiger partial charge in [0.1, 0.15) is 12.2 Å². The van der Waals surface area contributed by atoms with E-state index in [-0.39, 0.29) is 6.54 Å². The smallest absolute Gasteiger partial charge is 0.328 e. The van der Waals surface area contributed by atoms with Crippen molar-refractivity contribution in [2.75, 3.05) is 6.54 Å². The van der Waals surface area contributed by atoms with E-state index in [2.05, 4.69) is 25.8 Å². The first-order valence-electron chi connectivity index (χ1n) is 5.30. The fraction of sp³-hybridized carbons (Fsp3) is 0.556. The van der Waals surface area contributed by atoms with Crippen molar-refractivity contribution < 1.29 is 19.8 Å². The molecule has 0 saturated carbocycles. The second-order valence-electron chi connectivity index (χ2n) is 3.64. The lowest BCUT2D eigenvalue weighted by Gasteiger charge is -2.17. The molecule has 0 aliphatic carbocycles. The maximum absolute atomic E-state index is 11.3. The zero-order valence-electron chi connectivity index (χ0n) is 9.75. The average molecular weight is 257 g/mol. The molecular weight excluding hydrogens is 242 g/mol. The van der Waals surface area contributed by atoms with E-state index in [1.807, 2.05) is 0 Å². The van der Waals surface area contributed by atoms with Crippen molar-refractivity contribution in [2.24, 2.45) is 0 Å². The van der Waals surface area contributed by atoms with Crippen LogP contribution in [-0.4, -0.2) is 56.1 Å². The van der Waals surface area contributed by atoms with Crippen LogP contribution in [0.25, 0.3) is 0 Å². The normalized spacial score (nSPS) is 13.7. The second kappa shape index (κ2) is 6.55. The molecule has 0 saturated heterocycles. The van der Waals surface area contributed by atoms with Crippen molar-refractivity contribution in [3.05, 3.63) is 12.2 Å². The van der Waals surface area contributed by atoms with Gasteiger partial charge >= 0.3 is 12.0 Å². The maximum Gasteiger partial charge on any atom is 0.328 e. The second-order valence-corrected chi connectivity index (χ2v) is 3.64. The molecule has 0 radical (unpaired) electrons. The Morgan fingerprint density at radius 2 is 2.28 bits per heavy atom. The minimum atomic E-state index is -1.34. The van der Waals surface area contributed by atoms with Crippen LogP contribution in [-0.2, 0) is 11.2 Å². The van der Waals surface area contributed by atoms with E-state index in [1.165, 1.54) is 13.3 Å². The van der Waals surface area contributed by atoms with Crippen molar-refractivity contribution in [3.63, 3.8) is 0 Å². The van der Waals surface area contributed by atoms with Crippen molar-refractivity contribution in [3.8, 4) is 0 Å². The topological polar surface area (TPSA) is 140 Å². The highest BCUT2D eigenvalue weighted by Gasteiger charge is 2.24. The average Bonchev–Trinajstić information content (AvgIpc) is 2.78. The van der Waals surface area contributed by atoms with Gasteiger partial charge in [-0.2, -0.15) is 5.10 Å². The first kappa shape index (κ1) is 13.9. The van der Waals surface area contributed by atoms with E-state index in [4.69, 9.17) is 10.2 Å². The quantitative estimate of drug-likeness (QED) is 0.419. The molecule has 0 aromatic carbocycles. The molecule has 9 nitrogen and oxygen atoms in total. The lowest BCUT2D eigenvalue weighted by Crippen LogP contribution is -2.51. The van der Waals surface area contributed by atoms with Gasteiger partial charge in [0.2, 0.25) is 0 Å². The zero-order chi connectivity index (χ0) is 13.5. The molecule has 5 N–H and O–H groups in total. The van der Waals surface area contributed by atoms with Gasteiger partial charge in [-0.1, -0.05) is 0 Å². The monoisotopic (exact) mass is 257 g/mol. The Morgan fingerprint density at radius 1 is 1.56 bits per heavy atom. The summed E-state index contributed by atoms with van der Waals surface area (Å²) in [5, 5.41) is 28.8. The maximum atomic E-state index is 11.3. The van der Waals surface area contributed by atoms with Crippen molar-refractivity contribution >= 4 is 12.0 Å². The van der Waals surface area contributed by atoms with Crippen LogP contribution in [0.1, 0.15) is 12.7 Å². The molecule has 0 bridgehead atoms. The molecular formula is C9H15N5O4. The van der Waals surface area contributed by atoms with Gasteiger partial charge in [-0.05, 0) is 6.92 Å². The van der Waals surface area contributed by atoms with Crippen LogP contribution >= 0.6 is 0 Å². The number of hydrogen-bond donors (Lipinski definition) is 5. The molecule has 1 rings (SSSR count). The molecule has 100 valence electrons. The predicted molar refractivity (Wildman–Crippen MR) is 59.7 cm³/mol. The molecule has 0 aliphatic rings. The van der Waals surface area contributed by atoms with Crippen LogP contribution in [0.3, 0.4) is 0 Å². The van der Waals surface area contributed by atoms with E-state index in [9.17, 15) is 9.59 Å². The van der Waals surface area contributed by atoms with Gasteiger partial charge in [-0.25, -0.2) is 14.6 Å². The molecule has 0 fully saturated rings. The number of H-pyrrole nitrogens is 1. The molecule has 1 aromatic rings. The van der Waals surface area contributed by atoms with Crippen LogP contribution in [0.15, 0.2) is 6.33 Å². The summed E-state index contributed by atoms with van der Waals surface area (Å²) in [6.45, 7) is 1.56. The number of hydrogen-bond acceptors (Lipinski definition) is 5. The van der Waals surface area contributed by atoms with Crippen molar-refractivity contribution in [1.29, 1.82) is 0 Å². The lowest BCUT2D eigenvalue weighted by molar-refractivity contribution is -0.141. The Bertz CT molecular complexity index is 392. The Balaban J connectivity index is 2.30. The lowest BCUT2D eigenvalue weighted by atomic mass is 10.2. The first-order valence-corrected chi connectivity index (χ1v) is 5.30. The van der Waals surface area contributed by atoms with Gasteiger partial charge in [0.15, 0.2) is 6.04 Å². The molecule has 2 amide bonds. The molecule has 9 heteroatoms. The Labute approximate surface area is 103 Å². The summed E-state index contributed by atoms with van der Waals surface area (Å²) < 4.78 is 0. The predicted octanol–water partition coefficient (Wildman–Crippen LogP) is -1.52. The Morgan fingerprint density at radius 3 is 2.78 bits per heavy atom. The Hall–Kier alpha value is -2.16. The summed E-state index contributed by atoms with van der Waals surface area (Å²) in [6, 6.07) is -2.00. The first-order chi connectivity index (χ1) is 8.50. The largest absolute Gasteiger partial charge is 0.480 e. The van der Waals surface area contributed by atoms with Crippen molar-refractivity contribution in [1.82, 2.24) is 25.8 Å². The van der Waals surface area contributed by atoms with E-state index in [1.54, 1.807) is 0 Å². The zero-order valence-corrected chi connectivity index (χ0v) is 9.75. The Kier molecular flexibility index (Phi) is 5.06. The minimum Gasteiger partial charge on any atom is -0.480 e. The number of carboxylic acid groups (broad SMARTS) is 1. The van der Waals surface area contributed by atoms with E-state index >= 15 is 0 Å². The number of aromatic nitrogens is 3. The number of aliphatic hydroxyl groups is 1. The van der Waals surface area contributed by atoms with Crippen LogP contribution in [0.5, 0.6) is 0 Å². The number of rotatable bonds is 6. The molecule has 1 heterocycles. The summed E-state index contributed by atoms with van der Waals surface area (Å²) >= 11 is 0. The van der Waals surface area contributed by atoms with Crippen molar-refractivity contribution in [2.45, 2.75) is 25.5 Å². The number of aliphatic carboxylic acids is 1. The van der Waals surface area contributed by atoms with Gasteiger partial charge in [-0.3, -0.25) is 5.10 Å². The molecule has 0 unspecified atom stereocenters. The number of carbonyl (C=O) groups is 2. The third-order valence-electron chi connectivity index (χ3n) is 2.15.